The number of nitrogens with two attached hydrogens (primary N) is 1. The van der Waals surface area contributed by atoms with Crippen LogP contribution in [0.3, 0.4) is 0 Å². The lowest BCUT2D eigenvalue weighted by atomic mass is 9.79. The van der Waals surface area contributed by atoms with Crippen molar-refractivity contribution in [1.82, 2.24) is 4.90 Å². The highest BCUT2D eigenvalue weighted by atomic mass is 35.5. The highest BCUT2D eigenvalue weighted by molar-refractivity contribution is 5.94. The normalized spacial score (nSPS) is 22.1. The maximum absolute atomic E-state index is 13.6. The molecule has 7 heteroatoms. The molecule has 1 heterocycles. The summed E-state index contributed by atoms with van der Waals surface area (Å²) in [6.45, 7) is 7.31. The van der Waals surface area contributed by atoms with E-state index in [1.165, 1.54) is 0 Å². The van der Waals surface area contributed by atoms with Gasteiger partial charge in [0.1, 0.15) is 11.6 Å². The average molecular weight is 348 g/mol. The number of hydrogen-bond donors (Lipinski definition) is 2. The summed E-state index contributed by atoms with van der Waals surface area (Å²) in [6, 6.07) is 2.66. The van der Waals surface area contributed by atoms with E-state index in [-0.39, 0.29) is 35.5 Å². The second kappa shape index (κ2) is 7.55. The fourth-order valence-electron chi connectivity index (χ4n) is 2.74. The molecule has 0 bridgehead atoms. The van der Waals surface area contributed by atoms with Gasteiger partial charge in [0, 0.05) is 25.2 Å². The predicted octanol–water partition coefficient (Wildman–Crippen LogP) is 2.77. The molecule has 1 aromatic carbocycles. The third-order valence-corrected chi connectivity index (χ3v) is 4.46. The van der Waals surface area contributed by atoms with E-state index in [2.05, 4.69) is 19.2 Å². The van der Waals surface area contributed by atoms with Gasteiger partial charge in [0.05, 0.1) is 11.7 Å². The fraction of sp³-hybridized carbons (Fsp3) is 0.562. The Morgan fingerprint density at radius 2 is 2.09 bits per heavy atom. The molecular formula is C16H24ClF2N3O. The van der Waals surface area contributed by atoms with Crippen LogP contribution in [0.2, 0.25) is 0 Å². The SMILES string of the molecule is CC(C(=O)Nc1cc(F)ccc1F)N1CCC(N)C(C)(C)C1.Cl. The smallest absolute Gasteiger partial charge is 0.241 e. The number of carbonyl (C=O) groups is 1. The van der Waals surface area contributed by atoms with Gasteiger partial charge in [-0.3, -0.25) is 9.69 Å². The number of hydrogen-bond acceptors (Lipinski definition) is 3. The summed E-state index contributed by atoms with van der Waals surface area (Å²) < 4.78 is 26.8. The van der Waals surface area contributed by atoms with E-state index >= 15 is 0 Å². The quantitative estimate of drug-likeness (QED) is 0.884. The maximum atomic E-state index is 13.6. The van der Waals surface area contributed by atoms with Crippen molar-refractivity contribution in [1.29, 1.82) is 0 Å². The minimum Gasteiger partial charge on any atom is -0.327 e. The maximum Gasteiger partial charge on any atom is 0.241 e. The molecule has 2 unspecified atom stereocenters. The number of nitrogens with one attached hydrogen (secondary N) is 1. The average Bonchev–Trinajstić information content (AvgIpc) is 2.45. The highest BCUT2D eigenvalue weighted by Crippen LogP contribution is 2.29. The molecule has 0 spiro atoms. The van der Waals surface area contributed by atoms with Gasteiger partial charge in [-0.1, -0.05) is 13.8 Å². The molecule has 0 aromatic heterocycles. The van der Waals surface area contributed by atoms with Crippen molar-refractivity contribution in [2.75, 3.05) is 18.4 Å². The summed E-state index contributed by atoms with van der Waals surface area (Å²) in [5.74, 6) is -1.59. The molecule has 0 saturated carbocycles. The predicted molar refractivity (Wildman–Crippen MR) is 89.6 cm³/mol. The van der Waals surface area contributed by atoms with Crippen LogP contribution in [0, 0.1) is 17.0 Å². The third kappa shape index (κ3) is 4.62. The lowest BCUT2D eigenvalue weighted by Crippen LogP contribution is -2.56. The van der Waals surface area contributed by atoms with Crippen LogP contribution in [0.1, 0.15) is 27.2 Å². The summed E-state index contributed by atoms with van der Waals surface area (Å²) in [7, 11) is 0. The van der Waals surface area contributed by atoms with Crippen LogP contribution in [0.4, 0.5) is 14.5 Å². The molecule has 3 N–H and O–H groups in total. The lowest BCUT2D eigenvalue weighted by Gasteiger charge is -2.44. The van der Waals surface area contributed by atoms with Crippen LogP contribution < -0.4 is 11.1 Å². The Labute approximate surface area is 141 Å². The number of nitrogens with zero attached hydrogens (tertiary/aromatic N) is 1. The molecule has 1 amide bonds. The third-order valence-electron chi connectivity index (χ3n) is 4.46. The van der Waals surface area contributed by atoms with Crippen LogP contribution in [-0.2, 0) is 4.79 Å². The molecule has 1 aromatic rings. The Bertz CT molecular complexity index is 568. The molecule has 130 valence electrons. The van der Waals surface area contributed by atoms with Crippen molar-refractivity contribution >= 4 is 24.0 Å². The molecule has 1 fully saturated rings. The van der Waals surface area contributed by atoms with Crippen molar-refractivity contribution in [2.45, 2.75) is 39.3 Å². The van der Waals surface area contributed by atoms with Crippen LogP contribution >= 0.6 is 12.4 Å². The van der Waals surface area contributed by atoms with Crippen molar-refractivity contribution < 1.29 is 13.6 Å². The summed E-state index contributed by atoms with van der Waals surface area (Å²) in [4.78, 5) is 14.3. The first-order valence-electron chi connectivity index (χ1n) is 7.46. The molecule has 1 saturated heterocycles. The van der Waals surface area contributed by atoms with E-state index in [9.17, 15) is 13.6 Å². The standard InChI is InChI=1S/C16H23F2N3O.ClH/c1-10(21-7-6-14(19)16(2,3)9-21)15(22)20-13-8-11(17)4-5-12(13)18;/h4-5,8,10,14H,6-7,9,19H2,1-3H3,(H,20,22);1H. The summed E-state index contributed by atoms with van der Waals surface area (Å²) in [5.41, 5.74) is 5.87. The van der Waals surface area contributed by atoms with Gasteiger partial charge in [-0.15, -0.1) is 12.4 Å². The Morgan fingerprint density at radius 3 is 2.70 bits per heavy atom. The lowest BCUT2D eigenvalue weighted by molar-refractivity contribution is -0.122. The van der Waals surface area contributed by atoms with Crippen LogP contribution in [-0.4, -0.2) is 36.0 Å². The molecular weight excluding hydrogens is 324 g/mol. The van der Waals surface area contributed by atoms with E-state index in [0.29, 0.717) is 13.1 Å². The second-order valence-electron chi connectivity index (χ2n) is 6.64. The monoisotopic (exact) mass is 347 g/mol. The summed E-state index contributed by atoms with van der Waals surface area (Å²) in [6.07, 6.45) is 0.805. The van der Waals surface area contributed by atoms with Gasteiger partial charge in [-0.25, -0.2) is 8.78 Å². The number of halogens is 3. The fourth-order valence-corrected chi connectivity index (χ4v) is 2.74. The molecule has 23 heavy (non-hydrogen) atoms. The molecule has 0 aliphatic carbocycles. The Balaban J connectivity index is 0.00000264. The topological polar surface area (TPSA) is 58.4 Å². The molecule has 1 aliphatic heterocycles. The molecule has 2 rings (SSSR count). The Morgan fingerprint density at radius 1 is 1.43 bits per heavy atom. The van der Waals surface area contributed by atoms with Crippen molar-refractivity contribution in [3.05, 3.63) is 29.8 Å². The van der Waals surface area contributed by atoms with Gasteiger partial charge in [-0.2, -0.15) is 0 Å². The molecule has 0 radical (unpaired) electrons. The Kier molecular flexibility index (Phi) is 6.50. The first kappa shape index (κ1) is 19.8. The van der Waals surface area contributed by atoms with E-state index in [1.807, 2.05) is 4.90 Å². The number of anilines is 1. The summed E-state index contributed by atoms with van der Waals surface area (Å²) in [5, 5.41) is 2.46. The van der Waals surface area contributed by atoms with E-state index in [1.54, 1.807) is 6.92 Å². The van der Waals surface area contributed by atoms with E-state index in [4.69, 9.17) is 5.73 Å². The van der Waals surface area contributed by atoms with E-state index in [0.717, 1.165) is 24.6 Å². The van der Waals surface area contributed by atoms with Crippen LogP contribution in [0.15, 0.2) is 18.2 Å². The molecule has 2 atom stereocenters. The first-order valence-corrected chi connectivity index (χ1v) is 7.46. The van der Waals surface area contributed by atoms with Gasteiger partial charge in [0.15, 0.2) is 0 Å². The van der Waals surface area contributed by atoms with Crippen molar-refractivity contribution in [2.24, 2.45) is 11.1 Å². The van der Waals surface area contributed by atoms with Gasteiger partial charge in [-0.05, 0) is 30.9 Å². The highest BCUT2D eigenvalue weighted by Gasteiger charge is 2.36. The number of carbonyl (C=O) groups excluding carboxylic acids is 1. The van der Waals surface area contributed by atoms with Crippen molar-refractivity contribution in [3.63, 3.8) is 0 Å². The minimum atomic E-state index is -0.650. The Hall–Kier alpha value is -1.24. The first-order chi connectivity index (χ1) is 10.2. The zero-order chi connectivity index (χ0) is 16.5. The van der Waals surface area contributed by atoms with Crippen LogP contribution in [0.5, 0.6) is 0 Å². The second-order valence-corrected chi connectivity index (χ2v) is 6.64. The van der Waals surface area contributed by atoms with Gasteiger partial charge >= 0.3 is 0 Å². The molecule has 4 nitrogen and oxygen atoms in total. The summed E-state index contributed by atoms with van der Waals surface area (Å²) >= 11 is 0. The number of likely N-dealkylation sites (tertiary alicyclic amines) is 1. The zero-order valence-corrected chi connectivity index (χ0v) is 14.4. The number of rotatable bonds is 3. The van der Waals surface area contributed by atoms with Gasteiger partial charge in [0.25, 0.3) is 0 Å². The number of benzene rings is 1. The molecule has 1 aliphatic rings. The largest absolute Gasteiger partial charge is 0.327 e. The van der Waals surface area contributed by atoms with Gasteiger partial charge in [0.2, 0.25) is 5.91 Å². The zero-order valence-electron chi connectivity index (χ0n) is 13.6. The number of amides is 1. The van der Waals surface area contributed by atoms with Crippen molar-refractivity contribution in [3.8, 4) is 0 Å². The van der Waals surface area contributed by atoms with Gasteiger partial charge < -0.3 is 11.1 Å². The number of piperidine rings is 1. The van der Waals surface area contributed by atoms with E-state index < -0.39 is 17.7 Å². The van der Waals surface area contributed by atoms with Crippen LogP contribution in [0.25, 0.3) is 0 Å². The minimum absolute atomic E-state index is 0.